The number of aromatic nitrogens is 1. The van der Waals surface area contributed by atoms with Gasteiger partial charge >= 0.3 is 0 Å². The molecule has 6 N–H and O–H groups in total. The summed E-state index contributed by atoms with van der Waals surface area (Å²) in [5.74, 6) is 0.422. The van der Waals surface area contributed by atoms with Crippen LogP contribution in [0.3, 0.4) is 0 Å². The van der Waals surface area contributed by atoms with Gasteiger partial charge in [-0.05, 0) is 37.4 Å². The predicted molar refractivity (Wildman–Crippen MR) is 103 cm³/mol. The Morgan fingerprint density at radius 2 is 2.08 bits per heavy atom. The van der Waals surface area contributed by atoms with Crippen molar-refractivity contribution in [3.63, 3.8) is 0 Å². The first-order chi connectivity index (χ1) is 11.5. The van der Waals surface area contributed by atoms with E-state index < -0.39 is 5.91 Å². The summed E-state index contributed by atoms with van der Waals surface area (Å²) in [4.78, 5) is 19.6. The van der Waals surface area contributed by atoms with Crippen molar-refractivity contribution < 1.29 is 4.79 Å². The van der Waals surface area contributed by atoms with Crippen LogP contribution in [0.25, 0.3) is 10.2 Å². The third-order valence-electron chi connectivity index (χ3n) is 4.10. The molecule has 0 radical (unpaired) electrons. The molecule has 0 bridgehead atoms. The van der Waals surface area contributed by atoms with E-state index in [1.54, 1.807) is 0 Å². The summed E-state index contributed by atoms with van der Waals surface area (Å²) >= 11 is 1.28. The van der Waals surface area contributed by atoms with Crippen molar-refractivity contribution >= 4 is 39.0 Å². The first kappa shape index (κ1) is 18.5. The van der Waals surface area contributed by atoms with Gasteiger partial charge in [-0.25, -0.2) is 4.98 Å². The van der Waals surface area contributed by atoms with Gasteiger partial charge in [-0.15, -0.1) is 11.3 Å². The maximum absolute atomic E-state index is 11.6. The molecule has 0 aliphatic heterocycles. The van der Waals surface area contributed by atoms with Crippen molar-refractivity contribution in [1.29, 1.82) is 0 Å². The molecule has 0 spiro atoms. The Balaban J connectivity index is 2.36. The largest absolute Gasteiger partial charge is 0.397 e. The van der Waals surface area contributed by atoms with Gasteiger partial charge in [0.05, 0.1) is 5.69 Å². The fourth-order valence-electron chi connectivity index (χ4n) is 2.81. The number of carbonyl (C=O) groups is 1. The normalized spacial score (nSPS) is 11.1. The predicted octanol–water partition coefficient (Wildman–Crippen LogP) is 2.50. The fourth-order valence-corrected chi connectivity index (χ4v) is 3.80. The van der Waals surface area contributed by atoms with E-state index in [1.807, 2.05) is 7.05 Å². The highest BCUT2D eigenvalue weighted by Crippen LogP contribution is 2.37. The molecule has 0 aromatic carbocycles. The monoisotopic (exact) mass is 349 g/mol. The number of unbranched alkanes of at least 4 members (excludes halogenated alkanes) is 2. The maximum atomic E-state index is 11.6. The number of nitrogens with zero attached hydrogens (tertiary/aromatic N) is 2. The number of thiophene rings is 1. The van der Waals surface area contributed by atoms with Crippen LogP contribution in [0.4, 0.5) is 11.5 Å². The zero-order chi connectivity index (χ0) is 17.7. The molecule has 0 atom stereocenters. The number of hydrogen-bond donors (Lipinski definition) is 3. The molecule has 2 aromatic heterocycles. The molecule has 132 valence electrons. The number of amides is 1. The van der Waals surface area contributed by atoms with E-state index in [0.717, 1.165) is 66.8 Å². The van der Waals surface area contributed by atoms with Crippen LogP contribution in [0.15, 0.2) is 6.07 Å². The lowest BCUT2D eigenvalue weighted by Crippen LogP contribution is -2.20. The van der Waals surface area contributed by atoms with Crippen molar-refractivity contribution in [2.75, 3.05) is 30.8 Å². The van der Waals surface area contributed by atoms with E-state index in [4.69, 9.17) is 22.2 Å². The molecular formula is C17H27N5OS. The van der Waals surface area contributed by atoms with Crippen molar-refractivity contribution in [3.8, 4) is 0 Å². The fraction of sp³-hybridized carbons (Fsp3) is 0.529. The smallest absolute Gasteiger partial charge is 0.260 e. The number of nitrogen functional groups attached to an aromatic ring is 1. The average Bonchev–Trinajstić information content (AvgIpc) is 2.89. The second-order valence-electron chi connectivity index (χ2n) is 6.05. The summed E-state index contributed by atoms with van der Waals surface area (Å²) in [6.45, 7) is 3.78. The standard InChI is InChI=1S/C17H27N5OS/c1-3-7-11-10-12(22(2)9-6-4-5-8-18)21-17-13(11)14(19)15(24-17)16(20)23/h10H,3-9,18-19H2,1-2H3,(H2,20,23). The van der Waals surface area contributed by atoms with Gasteiger partial charge in [0, 0.05) is 19.0 Å². The minimum atomic E-state index is -0.491. The quantitative estimate of drug-likeness (QED) is 0.602. The Labute approximate surface area is 147 Å². The molecule has 2 heterocycles. The molecule has 0 saturated carbocycles. The number of nitrogens with two attached hydrogens (primary N) is 3. The highest BCUT2D eigenvalue weighted by Gasteiger charge is 2.19. The number of hydrogen-bond acceptors (Lipinski definition) is 6. The van der Waals surface area contributed by atoms with Gasteiger partial charge < -0.3 is 22.1 Å². The Bertz CT molecular complexity index is 713. The molecule has 0 aliphatic carbocycles. The lowest BCUT2D eigenvalue weighted by Gasteiger charge is -2.19. The van der Waals surface area contributed by atoms with E-state index in [9.17, 15) is 4.79 Å². The molecule has 1 amide bonds. The number of aryl methyl sites for hydroxylation is 1. The number of anilines is 2. The molecular weight excluding hydrogens is 322 g/mol. The Hall–Kier alpha value is -1.86. The zero-order valence-electron chi connectivity index (χ0n) is 14.5. The van der Waals surface area contributed by atoms with Crippen LogP contribution in [-0.2, 0) is 6.42 Å². The van der Waals surface area contributed by atoms with E-state index in [2.05, 4.69) is 17.9 Å². The second-order valence-corrected chi connectivity index (χ2v) is 7.05. The topological polar surface area (TPSA) is 111 Å². The summed E-state index contributed by atoms with van der Waals surface area (Å²) in [6, 6.07) is 2.09. The molecule has 0 saturated heterocycles. The molecule has 0 unspecified atom stereocenters. The molecule has 0 fully saturated rings. The van der Waals surface area contributed by atoms with Gasteiger partial charge in [0.1, 0.15) is 15.5 Å². The molecule has 6 nitrogen and oxygen atoms in total. The van der Waals surface area contributed by atoms with E-state index >= 15 is 0 Å². The first-order valence-electron chi connectivity index (χ1n) is 8.42. The number of pyridine rings is 1. The highest BCUT2D eigenvalue weighted by molar-refractivity contribution is 7.21. The van der Waals surface area contributed by atoms with Crippen LogP contribution in [0, 0.1) is 0 Å². The van der Waals surface area contributed by atoms with Gasteiger partial charge in [-0.3, -0.25) is 4.79 Å². The number of carbonyl (C=O) groups excluding carboxylic acids is 1. The molecule has 7 heteroatoms. The average molecular weight is 350 g/mol. The summed E-state index contributed by atoms with van der Waals surface area (Å²) in [7, 11) is 2.04. The van der Waals surface area contributed by atoms with Crippen molar-refractivity contribution in [2.24, 2.45) is 11.5 Å². The van der Waals surface area contributed by atoms with Crippen molar-refractivity contribution in [3.05, 3.63) is 16.5 Å². The van der Waals surface area contributed by atoms with Crippen LogP contribution >= 0.6 is 11.3 Å². The molecule has 0 aliphatic rings. The Morgan fingerprint density at radius 1 is 1.33 bits per heavy atom. The Morgan fingerprint density at radius 3 is 2.71 bits per heavy atom. The lowest BCUT2D eigenvalue weighted by molar-refractivity contribution is 0.100. The SMILES string of the molecule is CCCc1cc(N(C)CCCCCN)nc2sc(C(N)=O)c(N)c12. The van der Waals surface area contributed by atoms with Crippen LogP contribution in [0.1, 0.15) is 47.8 Å². The van der Waals surface area contributed by atoms with Gasteiger partial charge in [0.2, 0.25) is 0 Å². The summed E-state index contributed by atoms with van der Waals surface area (Å²) in [5, 5.41) is 0.885. The van der Waals surface area contributed by atoms with Crippen molar-refractivity contribution in [2.45, 2.75) is 39.0 Å². The molecule has 2 rings (SSSR count). The van der Waals surface area contributed by atoms with Crippen LogP contribution < -0.4 is 22.1 Å². The minimum absolute atomic E-state index is 0.401. The molecule has 24 heavy (non-hydrogen) atoms. The maximum Gasteiger partial charge on any atom is 0.260 e. The lowest BCUT2D eigenvalue weighted by atomic mass is 10.1. The van der Waals surface area contributed by atoms with Crippen LogP contribution in [0.5, 0.6) is 0 Å². The number of fused-ring (bicyclic) bond motifs is 1. The van der Waals surface area contributed by atoms with Crippen LogP contribution in [-0.4, -0.2) is 31.0 Å². The van der Waals surface area contributed by atoms with Crippen LogP contribution in [0.2, 0.25) is 0 Å². The van der Waals surface area contributed by atoms with Gasteiger partial charge in [0.25, 0.3) is 5.91 Å². The number of rotatable bonds is 9. The summed E-state index contributed by atoms with van der Waals surface area (Å²) in [5.41, 5.74) is 18.7. The summed E-state index contributed by atoms with van der Waals surface area (Å²) < 4.78 is 0. The number of primary amides is 1. The first-order valence-corrected chi connectivity index (χ1v) is 9.24. The van der Waals surface area contributed by atoms with Gasteiger partial charge in [-0.1, -0.05) is 19.8 Å². The third kappa shape index (κ3) is 3.96. The Kier molecular flexibility index (Phi) is 6.39. The second kappa shape index (κ2) is 8.30. The summed E-state index contributed by atoms with van der Waals surface area (Å²) in [6.07, 6.45) is 5.13. The third-order valence-corrected chi connectivity index (χ3v) is 5.21. The molecule has 2 aromatic rings. The zero-order valence-corrected chi connectivity index (χ0v) is 15.3. The van der Waals surface area contributed by atoms with Gasteiger partial charge in [-0.2, -0.15) is 0 Å². The minimum Gasteiger partial charge on any atom is -0.397 e. The van der Waals surface area contributed by atoms with E-state index in [-0.39, 0.29) is 0 Å². The van der Waals surface area contributed by atoms with Crippen molar-refractivity contribution in [1.82, 2.24) is 4.98 Å². The highest BCUT2D eigenvalue weighted by atomic mass is 32.1. The van der Waals surface area contributed by atoms with E-state index in [0.29, 0.717) is 10.6 Å². The van der Waals surface area contributed by atoms with E-state index in [1.165, 1.54) is 11.3 Å². The van der Waals surface area contributed by atoms with Gasteiger partial charge in [0.15, 0.2) is 0 Å².